The van der Waals surface area contributed by atoms with E-state index in [4.69, 9.17) is 28.6 Å². The molecule has 8 heteroatoms. The number of rotatable bonds is 2. The van der Waals surface area contributed by atoms with Gasteiger partial charge in [0.05, 0.1) is 16.3 Å². The molecule has 5 nitrogen and oxygen atoms in total. The van der Waals surface area contributed by atoms with Crippen LogP contribution in [0.3, 0.4) is 0 Å². The highest BCUT2D eigenvalue weighted by molar-refractivity contribution is 8.16. The number of halogens is 2. The molecule has 2 aliphatic heterocycles. The lowest BCUT2D eigenvalue weighted by Gasteiger charge is -2.22. The molecular formula is C19H14Cl2N4OS. The van der Waals surface area contributed by atoms with Gasteiger partial charge in [-0.2, -0.15) is 4.99 Å². The molecule has 1 aromatic heterocycles. The second-order valence-electron chi connectivity index (χ2n) is 6.14. The Morgan fingerprint density at radius 1 is 1.22 bits per heavy atom. The van der Waals surface area contributed by atoms with Crippen molar-refractivity contribution in [3.8, 4) is 5.69 Å². The molecule has 2 aromatic rings. The van der Waals surface area contributed by atoms with Crippen molar-refractivity contribution in [2.75, 3.05) is 0 Å². The molecule has 136 valence electrons. The summed E-state index contributed by atoms with van der Waals surface area (Å²) in [4.78, 5) is 18.1. The van der Waals surface area contributed by atoms with Gasteiger partial charge in [-0.15, -0.1) is 0 Å². The van der Waals surface area contributed by atoms with Crippen molar-refractivity contribution in [3.63, 3.8) is 0 Å². The Kier molecular flexibility index (Phi) is 4.50. The van der Waals surface area contributed by atoms with Gasteiger partial charge in [0.15, 0.2) is 5.17 Å². The minimum atomic E-state index is -0.406. The molecule has 0 bridgehead atoms. The van der Waals surface area contributed by atoms with E-state index < -0.39 is 5.91 Å². The minimum absolute atomic E-state index is 0.126. The summed E-state index contributed by atoms with van der Waals surface area (Å²) >= 11 is 13.7. The van der Waals surface area contributed by atoms with Crippen molar-refractivity contribution in [1.82, 2.24) is 9.47 Å². The Hall–Kier alpha value is -2.28. The standard InChI is InChI=1S/C19H14Cl2N4OS/c1-10-7-12(11(2)25(10)16-4-3-13(20)9-15(16)21)8-14-17(22)24-5-6-27-19(24)23-18(14)26/h3-9,22H,1-2H3/b14-8-,22-17?. The van der Waals surface area contributed by atoms with E-state index in [1.165, 1.54) is 11.8 Å². The number of carbonyl (C=O) groups excluding carboxylic acids is 1. The van der Waals surface area contributed by atoms with Crippen molar-refractivity contribution < 1.29 is 4.79 Å². The molecule has 0 atom stereocenters. The van der Waals surface area contributed by atoms with Crippen LogP contribution in [0.15, 0.2) is 46.4 Å². The number of fused-ring (bicyclic) bond motifs is 1. The maximum Gasteiger partial charge on any atom is 0.283 e. The van der Waals surface area contributed by atoms with E-state index in [-0.39, 0.29) is 11.4 Å². The smallest absolute Gasteiger partial charge is 0.283 e. The van der Waals surface area contributed by atoms with Crippen LogP contribution in [-0.2, 0) is 4.79 Å². The van der Waals surface area contributed by atoms with E-state index in [9.17, 15) is 4.79 Å². The number of aliphatic imine (C=N–C) groups is 1. The summed E-state index contributed by atoms with van der Waals surface area (Å²) in [5, 5.41) is 11.8. The summed E-state index contributed by atoms with van der Waals surface area (Å²) in [5.41, 5.74) is 3.77. The number of thioether (sulfide) groups is 1. The third-order valence-corrected chi connectivity index (χ3v) is 5.73. The third-order valence-electron chi connectivity index (χ3n) is 4.43. The monoisotopic (exact) mass is 416 g/mol. The Labute approximate surface area is 170 Å². The molecule has 27 heavy (non-hydrogen) atoms. The van der Waals surface area contributed by atoms with Crippen molar-refractivity contribution in [3.05, 3.63) is 68.4 Å². The number of benzene rings is 1. The van der Waals surface area contributed by atoms with Gasteiger partial charge in [-0.3, -0.25) is 15.1 Å². The molecule has 2 aliphatic rings. The lowest BCUT2D eigenvalue weighted by atomic mass is 10.1. The SMILES string of the molecule is Cc1cc(/C=C2/C(=N)N3C=CSC3=NC2=O)c(C)n1-c1ccc(Cl)cc1Cl. The van der Waals surface area contributed by atoms with Gasteiger partial charge < -0.3 is 4.57 Å². The number of aryl methyl sites for hydroxylation is 1. The molecule has 3 heterocycles. The molecule has 0 aliphatic carbocycles. The number of hydrogen-bond donors (Lipinski definition) is 1. The Morgan fingerprint density at radius 3 is 2.74 bits per heavy atom. The lowest BCUT2D eigenvalue weighted by Crippen LogP contribution is -2.35. The van der Waals surface area contributed by atoms with Crippen LogP contribution in [0.5, 0.6) is 0 Å². The van der Waals surface area contributed by atoms with Crippen LogP contribution >= 0.6 is 35.0 Å². The number of carbonyl (C=O) groups is 1. The molecule has 0 radical (unpaired) electrons. The number of nitrogens with one attached hydrogen (secondary N) is 1. The van der Waals surface area contributed by atoms with Gasteiger partial charge in [-0.05, 0) is 55.2 Å². The maximum absolute atomic E-state index is 12.4. The van der Waals surface area contributed by atoms with E-state index in [1.54, 1.807) is 34.7 Å². The maximum atomic E-state index is 12.4. The van der Waals surface area contributed by atoms with Gasteiger partial charge >= 0.3 is 0 Å². The minimum Gasteiger partial charge on any atom is -0.316 e. The molecule has 4 rings (SSSR count). The summed E-state index contributed by atoms with van der Waals surface area (Å²) in [6.07, 6.45) is 3.45. The summed E-state index contributed by atoms with van der Waals surface area (Å²) in [6, 6.07) is 7.30. The molecule has 0 spiro atoms. The number of amidine groups is 2. The fourth-order valence-electron chi connectivity index (χ4n) is 3.15. The zero-order valence-corrected chi connectivity index (χ0v) is 16.8. The molecule has 1 aromatic carbocycles. The average Bonchev–Trinajstić information content (AvgIpc) is 3.17. The van der Waals surface area contributed by atoms with Crippen LogP contribution in [-0.4, -0.2) is 26.4 Å². The van der Waals surface area contributed by atoms with E-state index in [2.05, 4.69) is 4.99 Å². The zero-order chi connectivity index (χ0) is 19.3. The Bertz CT molecular complexity index is 1100. The number of hydrogen-bond acceptors (Lipinski definition) is 3. The summed E-state index contributed by atoms with van der Waals surface area (Å²) in [5.74, 6) is -0.280. The molecule has 0 saturated heterocycles. The second kappa shape index (κ2) is 6.71. The van der Waals surface area contributed by atoms with Gasteiger partial charge in [-0.1, -0.05) is 35.0 Å². The Morgan fingerprint density at radius 2 is 2.00 bits per heavy atom. The second-order valence-corrected chi connectivity index (χ2v) is 7.85. The first-order valence-corrected chi connectivity index (χ1v) is 9.71. The van der Waals surface area contributed by atoms with E-state index in [1.807, 2.05) is 30.5 Å². The van der Waals surface area contributed by atoms with Crippen LogP contribution in [0.1, 0.15) is 17.0 Å². The van der Waals surface area contributed by atoms with E-state index in [0.717, 1.165) is 22.6 Å². The highest BCUT2D eigenvalue weighted by atomic mass is 35.5. The van der Waals surface area contributed by atoms with Crippen LogP contribution in [0.2, 0.25) is 10.0 Å². The molecule has 0 saturated carbocycles. The molecule has 1 amide bonds. The van der Waals surface area contributed by atoms with E-state index in [0.29, 0.717) is 15.2 Å². The van der Waals surface area contributed by atoms with E-state index >= 15 is 0 Å². The lowest BCUT2D eigenvalue weighted by molar-refractivity contribution is -0.114. The van der Waals surface area contributed by atoms with Crippen LogP contribution in [0.25, 0.3) is 11.8 Å². The van der Waals surface area contributed by atoms with Gasteiger partial charge in [0.25, 0.3) is 5.91 Å². The number of aromatic nitrogens is 1. The largest absolute Gasteiger partial charge is 0.316 e. The van der Waals surface area contributed by atoms with Crippen LogP contribution in [0, 0.1) is 19.3 Å². The first-order valence-electron chi connectivity index (χ1n) is 8.07. The molecule has 0 unspecified atom stereocenters. The first-order chi connectivity index (χ1) is 12.9. The zero-order valence-electron chi connectivity index (χ0n) is 14.5. The van der Waals surface area contributed by atoms with Gasteiger partial charge in [0, 0.05) is 22.6 Å². The number of nitrogens with zero attached hydrogens (tertiary/aromatic N) is 3. The normalized spacial score (nSPS) is 17.7. The molecule has 0 fully saturated rings. The fraction of sp³-hybridized carbons (Fsp3) is 0.105. The van der Waals surface area contributed by atoms with Gasteiger partial charge in [-0.25, -0.2) is 0 Å². The summed E-state index contributed by atoms with van der Waals surface area (Å²) in [6.45, 7) is 3.91. The van der Waals surface area contributed by atoms with Crippen LogP contribution < -0.4 is 0 Å². The summed E-state index contributed by atoms with van der Waals surface area (Å²) < 4.78 is 2.00. The Balaban J connectivity index is 1.80. The van der Waals surface area contributed by atoms with Crippen molar-refractivity contribution in [2.24, 2.45) is 4.99 Å². The van der Waals surface area contributed by atoms with Crippen LogP contribution in [0.4, 0.5) is 0 Å². The van der Waals surface area contributed by atoms with Crippen molar-refractivity contribution >= 4 is 58.0 Å². The fourth-order valence-corrected chi connectivity index (χ4v) is 4.35. The van der Waals surface area contributed by atoms with Gasteiger partial charge in [0.2, 0.25) is 0 Å². The van der Waals surface area contributed by atoms with Gasteiger partial charge in [0.1, 0.15) is 5.84 Å². The van der Waals surface area contributed by atoms with Crippen molar-refractivity contribution in [1.29, 1.82) is 5.41 Å². The summed E-state index contributed by atoms with van der Waals surface area (Å²) in [7, 11) is 0. The number of amides is 1. The average molecular weight is 417 g/mol. The highest BCUT2D eigenvalue weighted by Crippen LogP contribution is 2.31. The first kappa shape index (κ1) is 18.1. The topological polar surface area (TPSA) is 61.5 Å². The highest BCUT2D eigenvalue weighted by Gasteiger charge is 2.31. The third kappa shape index (κ3) is 3.04. The molecular weight excluding hydrogens is 403 g/mol. The quantitative estimate of drug-likeness (QED) is 0.686. The predicted molar refractivity (Wildman–Crippen MR) is 112 cm³/mol. The molecule has 1 N–H and O–H groups in total. The predicted octanol–water partition coefficient (Wildman–Crippen LogP) is 5.18. The van der Waals surface area contributed by atoms with Crippen molar-refractivity contribution in [2.45, 2.75) is 13.8 Å².